The summed E-state index contributed by atoms with van der Waals surface area (Å²) in [4.78, 5) is 0. The highest BCUT2D eigenvalue weighted by Gasteiger charge is 2.46. The molecule has 0 aliphatic heterocycles. The van der Waals surface area contributed by atoms with Crippen molar-refractivity contribution in [3.8, 4) is 0 Å². The average Bonchev–Trinajstić information content (AvgIpc) is 2.82. The number of hydrogen-bond donors (Lipinski definition) is 1. The Kier molecular flexibility index (Phi) is 5.16. The topological polar surface area (TPSA) is 47.3 Å². The van der Waals surface area contributed by atoms with Gasteiger partial charge in [-0.05, 0) is 60.9 Å². The van der Waals surface area contributed by atoms with Gasteiger partial charge in [0.2, 0.25) is 0 Å². The predicted molar refractivity (Wildman–Crippen MR) is 87.2 cm³/mol. The summed E-state index contributed by atoms with van der Waals surface area (Å²) in [6.45, 7) is 9.98. The normalized spacial score (nSPS) is 22.2. The number of aromatic nitrogens is 2. The van der Waals surface area contributed by atoms with E-state index < -0.39 is 11.7 Å². The van der Waals surface area contributed by atoms with Gasteiger partial charge >= 0.3 is 0 Å². The summed E-state index contributed by atoms with van der Waals surface area (Å²) in [5.74, 6) is 0. The van der Waals surface area contributed by atoms with Gasteiger partial charge in [-0.3, -0.25) is 4.68 Å². The molecule has 1 fully saturated rings. The van der Waals surface area contributed by atoms with Gasteiger partial charge in [-0.25, -0.2) is 0 Å². The molecule has 1 N–H and O–H groups in total. The van der Waals surface area contributed by atoms with E-state index in [-0.39, 0.29) is 0 Å². The van der Waals surface area contributed by atoms with Gasteiger partial charge in [0.1, 0.15) is 6.10 Å². The predicted octanol–water partition coefficient (Wildman–Crippen LogP) is 4.07. The van der Waals surface area contributed by atoms with Crippen molar-refractivity contribution in [3.63, 3.8) is 0 Å². The summed E-state index contributed by atoms with van der Waals surface area (Å²) in [6, 6.07) is 0. The quantitative estimate of drug-likeness (QED) is 0.862. The van der Waals surface area contributed by atoms with Crippen LogP contribution < -0.4 is 0 Å². The number of rotatable bonds is 5. The van der Waals surface area contributed by atoms with Crippen molar-refractivity contribution >= 4 is 15.9 Å². The van der Waals surface area contributed by atoms with E-state index in [4.69, 9.17) is 4.74 Å². The molecule has 0 amide bonds. The van der Waals surface area contributed by atoms with Crippen LogP contribution in [0, 0.1) is 5.41 Å². The summed E-state index contributed by atoms with van der Waals surface area (Å²) >= 11 is 3.52. The molecule has 1 aliphatic carbocycles. The molecule has 1 aromatic rings. The Bertz CT molecular complexity index is 475. The molecule has 2 rings (SSSR count). The lowest BCUT2D eigenvalue weighted by Gasteiger charge is -2.45. The summed E-state index contributed by atoms with van der Waals surface area (Å²) in [5.41, 5.74) is 0.688. The van der Waals surface area contributed by atoms with Crippen molar-refractivity contribution in [1.82, 2.24) is 9.78 Å². The van der Waals surface area contributed by atoms with E-state index in [0.29, 0.717) is 12.0 Å². The molecular weight excluding hydrogens is 332 g/mol. The Morgan fingerprint density at radius 3 is 2.48 bits per heavy atom. The SMILES string of the molecule is CCOC1(C(O)c2c(Br)cnn2CC)CCC(C)(C)CC1. The summed E-state index contributed by atoms with van der Waals surface area (Å²) in [7, 11) is 0. The van der Waals surface area contributed by atoms with Crippen LogP contribution in [0.5, 0.6) is 0 Å². The maximum Gasteiger partial charge on any atom is 0.126 e. The lowest BCUT2D eigenvalue weighted by Crippen LogP contribution is -2.45. The second kappa shape index (κ2) is 6.39. The third-order valence-electron chi connectivity index (χ3n) is 4.77. The fourth-order valence-corrected chi connectivity index (χ4v) is 3.79. The van der Waals surface area contributed by atoms with E-state index in [0.717, 1.165) is 42.4 Å². The zero-order valence-electron chi connectivity index (χ0n) is 13.5. The van der Waals surface area contributed by atoms with E-state index in [1.807, 2.05) is 18.5 Å². The molecular formula is C16H27BrN2O2. The summed E-state index contributed by atoms with van der Waals surface area (Å²) in [5, 5.41) is 15.4. The highest BCUT2D eigenvalue weighted by Crippen LogP contribution is 2.48. The molecule has 21 heavy (non-hydrogen) atoms. The Hall–Kier alpha value is -0.390. The van der Waals surface area contributed by atoms with Crippen LogP contribution >= 0.6 is 15.9 Å². The van der Waals surface area contributed by atoms with Crippen LogP contribution in [0.1, 0.15) is 65.2 Å². The van der Waals surface area contributed by atoms with Crippen LogP contribution in [0.2, 0.25) is 0 Å². The van der Waals surface area contributed by atoms with Crippen molar-refractivity contribution < 1.29 is 9.84 Å². The molecule has 0 bridgehead atoms. The number of halogens is 1. The number of aliphatic hydroxyl groups is 1. The number of aryl methyl sites for hydroxylation is 1. The van der Waals surface area contributed by atoms with Crippen LogP contribution in [0.25, 0.3) is 0 Å². The fourth-order valence-electron chi connectivity index (χ4n) is 3.28. The van der Waals surface area contributed by atoms with Gasteiger partial charge in [-0.2, -0.15) is 5.10 Å². The van der Waals surface area contributed by atoms with Crippen LogP contribution in [0.3, 0.4) is 0 Å². The zero-order chi connectivity index (χ0) is 15.7. The van der Waals surface area contributed by atoms with E-state index in [1.54, 1.807) is 6.20 Å². The van der Waals surface area contributed by atoms with Crippen molar-refractivity contribution in [2.75, 3.05) is 6.61 Å². The fraction of sp³-hybridized carbons (Fsp3) is 0.812. The Morgan fingerprint density at radius 1 is 1.33 bits per heavy atom. The lowest BCUT2D eigenvalue weighted by atomic mass is 9.68. The molecule has 1 aliphatic rings. The summed E-state index contributed by atoms with van der Waals surface area (Å²) < 4.78 is 8.81. The van der Waals surface area contributed by atoms with Gasteiger partial charge in [-0.15, -0.1) is 0 Å². The molecule has 5 heteroatoms. The molecule has 1 saturated carbocycles. The molecule has 4 nitrogen and oxygen atoms in total. The first-order valence-electron chi connectivity index (χ1n) is 7.88. The molecule has 0 saturated heterocycles. The number of ether oxygens (including phenoxy) is 1. The van der Waals surface area contributed by atoms with E-state index in [2.05, 4.69) is 34.9 Å². The van der Waals surface area contributed by atoms with Crippen molar-refractivity contribution in [1.29, 1.82) is 0 Å². The molecule has 0 aromatic carbocycles. The van der Waals surface area contributed by atoms with Crippen LogP contribution in [-0.2, 0) is 11.3 Å². The third-order valence-corrected chi connectivity index (χ3v) is 5.38. The zero-order valence-corrected chi connectivity index (χ0v) is 15.1. The van der Waals surface area contributed by atoms with Crippen LogP contribution in [0.4, 0.5) is 0 Å². The van der Waals surface area contributed by atoms with E-state index in [1.165, 1.54) is 0 Å². The molecule has 1 heterocycles. The van der Waals surface area contributed by atoms with E-state index >= 15 is 0 Å². The maximum absolute atomic E-state index is 11.1. The molecule has 1 atom stereocenters. The first-order valence-corrected chi connectivity index (χ1v) is 8.68. The van der Waals surface area contributed by atoms with Crippen LogP contribution in [-0.4, -0.2) is 27.1 Å². The highest BCUT2D eigenvalue weighted by molar-refractivity contribution is 9.10. The van der Waals surface area contributed by atoms with Gasteiger partial charge in [0, 0.05) is 13.2 Å². The maximum atomic E-state index is 11.1. The molecule has 1 aromatic heterocycles. The largest absolute Gasteiger partial charge is 0.384 e. The third kappa shape index (κ3) is 3.35. The van der Waals surface area contributed by atoms with Crippen molar-refractivity contribution in [3.05, 3.63) is 16.4 Å². The van der Waals surface area contributed by atoms with Crippen LogP contribution in [0.15, 0.2) is 10.7 Å². The number of nitrogens with zero attached hydrogens (tertiary/aromatic N) is 2. The molecule has 0 radical (unpaired) electrons. The second-order valence-electron chi connectivity index (χ2n) is 6.76. The van der Waals surface area contributed by atoms with Crippen molar-refractivity contribution in [2.45, 2.75) is 71.6 Å². The van der Waals surface area contributed by atoms with Gasteiger partial charge in [0.25, 0.3) is 0 Å². The smallest absolute Gasteiger partial charge is 0.126 e. The summed E-state index contributed by atoms with van der Waals surface area (Å²) in [6.07, 6.45) is 5.02. The molecule has 120 valence electrons. The number of hydrogen-bond acceptors (Lipinski definition) is 3. The Labute approximate surface area is 136 Å². The Balaban J connectivity index is 2.32. The first kappa shape index (κ1) is 17.0. The van der Waals surface area contributed by atoms with Gasteiger partial charge in [-0.1, -0.05) is 13.8 Å². The Morgan fingerprint density at radius 2 is 1.95 bits per heavy atom. The highest BCUT2D eigenvalue weighted by atomic mass is 79.9. The minimum atomic E-state index is -0.648. The first-order chi connectivity index (χ1) is 9.85. The van der Waals surface area contributed by atoms with Crippen molar-refractivity contribution in [2.24, 2.45) is 5.41 Å². The van der Waals surface area contributed by atoms with E-state index in [9.17, 15) is 5.11 Å². The average molecular weight is 359 g/mol. The molecule has 1 unspecified atom stereocenters. The second-order valence-corrected chi connectivity index (χ2v) is 7.61. The monoisotopic (exact) mass is 358 g/mol. The molecule has 0 spiro atoms. The van der Waals surface area contributed by atoms with Gasteiger partial charge in [0.15, 0.2) is 0 Å². The minimum Gasteiger partial charge on any atom is -0.384 e. The van der Waals surface area contributed by atoms with Gasteiger partial charge < -0.3 is 9.84 Å². The van der Waals surface area contributed by atoms with Gasteiger partial charge in [0.05, 0.1) is 22.0 Å². The lowest BCUT2D eigenvalue weighted by molar-refractivity contribution is -0.156. The number of aliphatic hydroxyl groups excluding tert-OH is 1. The minimum absolute atomic E-state index is 0.336. The standard InChI is InChI=1S/C16H27BrN2O2/c1-5-19-13(12(17)11-18-19)14(20)16(21-6-2)9-7-15(3,4)8-10-16/h11,14,20H,5-10H2,1-4H3.